The van der Waals surface area contributed by atoms with Crippen molar-refractivity contribution in [2.45, 2.75) is 0 Å². The van der Waals surface area contributed by atoms with Gasteiger partial charge in [0.2, 0.25) is 0 Å². The summed E-state index contributed by atoms with van der Waals surface area (Å²) in [5.74, 6) is -0.799. The van der Waals surface area contributed by atoms with Crippen LogP contribution in [0.25, 0.3) is 10.9 Å². The first-order valence-corrected chi connectivity index (χ1v) is 7.05. The minimum Gasteiger partial charge on any atom is -0.320 e. The van der Waals surface area contributed by atoms with Crippen LogP contribution in [0.2, 0.25) is 0 Å². The Labute approximate surface area is 128 Å². The molecule has 0 saturated heterocycles. The Morgan fingerprint density at radius 3 is 2.76 bits per heavy atom. The molecule has 1 aromatic heterocycles. The zero-order valence-electron chi connectivity index (χ0n) is 10.8. The fourth-order valence-corrected chi connectivity index (χ4v) is 2.32. The maximum atomic E-state index is 13.2. The molecule has 0 spiro atoms. The Bertz CT molecular complexity index is 835. The molecule has 0 aliphatic rings. The van der Waals surface area contributed by atoms with Crippen LogP contribution in [0.1, 0.15) is 10.5 Å². The summed E-state index contributed by atoms with van der Waals surface area (Å²) in [5, 5.41) is 3.60. The van der Waals surface area contributed by atoms with Crippen LogP contribution < -0.4 is 5.32 Å². The predicted molar refractivity (Wildman–Crippen MR) is 83.8 cm³/mol. The van der Waals surface area contributed by atoms with Crippen LogP contribution in [0.15, 0.2) is 59.1 Å². The van der Waals surface area contributed by atoms with E-state index in [1.165, 1.54) is 12.1 Å². The summed E-state index contributed by atoms with van der Waals surface area (Å²) >= 11 is 3.27. The number of pyridine rings is 1. The van der Waals surface area contributed by atoms with Crippen molar-refractivity contribution in [3.63, 3.8) is 0 Å². The van der Waals surface area contributed by atoms with Crippen molar-refractivity contribution in [3.05, 3.63) is 70.6 Å². The quantitative estimate of drug-likeness (QED) is 0.749. The van der Waals surface area contributed by atoms with Crippen molar-refractivity contribution in [1.29, 1.82) is 0 Å². The summed E-state index contributed by atoms with van der Waals surface area (Å²) in [6.45, 7) is 0. The van der Waals surface area contributed by atoms with Crippen molar-refractivity contribution in [3.8, 4) is 0 Å². The molecule has 0 unspecified atom stereocenters. The molecule has 104 valence electrons. The molecule has 0 radical (unpaired) electrons. The first kappa shape index (κ1) is 13.7. The second-order valence-electron chi connectivity index (χ2n) is 4.47. The molecule has 0 bridgehead atoms. The number of nitrogens with zero attached hydrogens (tertiary/aromatic N) is 1. The normalized spacial score (nSPS) is 10.6. The molecule has 1 N–H and O–H groups in total. The summed E-state index contributed by atoms with van der Waals surface area (Å²) in [7, 11) is 0. The highest BCUT2D eigenvalue weighted by Gasteiger charge is 2.11. The minimum atomic E-state index is -0.417. The summed E-state index contributed by atoms with van der Waals surface area (Å²) in [5.41, 5.74) is 1.39. The van der Waals surface area contributed by atoms with E-state index in [1.54, 1.807) is 12.1 Å². The van der Waals surface area contributed by atoms with Gasteiger partial charge in [0.1, 0.15) is 11.5 Å². The number of hydrogen-bond acceptors (Lipinski definition) is 2. The number of carbonyl (C=O) groups is 1. The van der Waals surface area contributed by atoms with E-state index in [2.05, 4.69) is 26.2 Å². The molecule has 0 atom stereocenters. The topological polar surface area (TPSA) is 42.0 Å². The largest absolute Gasteiger partial charge is 0.320 e. The fraction of sp³-hybridized carbons (Fsp3) is 0. The maximum absolute atomic E-state index is 13.2. The molecular weight excluding hydrogens is 335 g/mol. The lowest BCUT2D eigenvalue weighted by molar-refractivity contribution is 0.102. The first-order valence-electron chi connectivity index (χ1n) is 6.26. The Kier molecular flexibility index (Phi) is 3.66. The number of carbonyl (C=O) groups excluding carboxylic acids is 1. The number of benzene rings is 2. The van der Waals surface area contributed by atoms with Crippen LogP contribution in [-0.2, 0) is 0 Å². The fourth-order valence-electron chi connectivity index (χ4n) is 1.97. The van der Waals surface area contributed by atoms with Gasteiger partial charge in [-0.25, -0.2) is 9.37 Å². The van der Waals surface area contributed by atoms with E-state index in [4.69, 9.17) is 0 Å². The zero-order chi connectivity index (χ0) is 14.8. The number of amides is 1. The van der Waals surface area contributed by atoms with E-state index in [1.807, 2.05) is 30.3 Å². The van der Waals surface area contributed by atoms with Gasteiger partial charge in [-0.3, -0.25) is 4.79 Å². The summed E-state index contributed by atoms with van der Waals surface area (Å²) in [4.78, 5) is 16.5. The highest BCUT2D eigenvalue weighted by atomic mass is 79.9. The molecule has 21 heavy (non-hydrogen) atoms. The highest BCUT2D eigenvalue weighted by Crippen LogP contribution is 2.23. The van der Waals surface area contributed by atoms with Crippen LogP contribution in [0.4, 0.5) is 10.1 Å². The maximum Gasteiger partial charge on any atom is 0.274 e. The van der Waals surface area contributed by atoms with Gasteiger partial charge in [-0.15, -0.1) is 0 Å². The van der Waals surface area contributed by atoms with Crippen LogP contribution >= 0.6 is 15.9 Å². The summed E-state index contributed by atoms with van der Waals surface area (Å²) in [6, 6.07) is 15.1. The molecule has 0 aliphatic carbocycles. The van der Waals surface area contributed by atoms with Gasteiger partial charge < -0.3 is 5.32 Å². The monoisotopic (exact) mass is 344 g/mol. The van der Waals surface area contributed by atoms with Crippen molar-refractivity contribution in [2.75, 3.05) is 5.32 Å². The number of hydrogen-bond donors (Lipinski definition) is 1. The average molecular weight is 345 g/mol. The highest BCUT2D eigenvalue weighted by molar-refractivity contribution is 9.10. The van der Waals surface area contributed by atoms with Crippen LogP contribution in [-0.4, -0.2) is 10.9 Å². The van der Waals surface area contributed by atoms with Crippen molar-refractivity contribution >= 4 is 38.4 Å². The number of para-hydroxylation sites is 1. The van der Waals surface area contributed by atoms with E-state index in [0.717, 1.165) is 10.9 Å². The minimum absolute atomic E-state index is 0.282. The van der Waals surface area contributed by atoms with Gasteiger partial charge in [0.15, 0.2) is 0 Å². The average Bonchev–Trinajstić information content (AvgIpc) is 2.50. The molecule has 0 aliphatic heterocycles. The van der Waals surface area contributed by atoms with Gasteiger partial charge in [-0.05, 0) is 46.3 Å². The van der Waals surface area contributed by atoms with Gasteiger partial charge in [0, 0.05) is 9.86 Å². The van der Waals surface area contributed by atoms with Crippen LogP contribution in [0, 0.1) is 5.82 Å². The zero-order valence-corrected chi connectivity index (χ0v) is 12.4. The molecule has 5 heteroatoms. The smallest absolute Gasteiger partial charge is 0.274 e. The second-order valence-corrected chi connectivity index (χ2v) is 5.32. The van der Waals surface area contributed by atoms with E-state index >= 15 is 0 Å². The van der Waals surface area contributed by atoms with Crippen molar-refractivity contribution in [2.24, 2.45) is 0 Å². The molecule has 0 saturated carbocycles. The van der Waals surface area contributed by atoms with E-state index in [9.17, 15) is 9.18 Å². The third-order valence-corrected chi connectivity index (χ3v) is 3.70. The molecule has 3 aromatic rings. The van der Waals surface area contributed by atoms with Gasteiger partial charge in [0.05, 0.1) is 11.2 Å². The predicted octanol–water partition coefficient (Wildman–Crippen LogP) is 4.39. The van der Waals surface area contributed by atoms with Gasteiger partial charge in [-0.2, -0.15) is 0 Å². The van der Waals surface area contributed by atoms with E-state index < -0.39 is 5.82 Å². The number of rotatable bonds is 2. The first-order chi connectivity index (χ1) is 10.1. The van der Waals surface area contributed by atoms with Gasteiger partial charge in [-0.1, -0.05) is 24.3 Å². The van der Waals surface area contributed by atoms with Gasteiger partial charge >= 0.3 is 0 Å². The van der Waals surface area contributed by atoms with Crippen LogP contribution in [0.3, 0.4) is 0 Å². The Balaban J connectivity index is 1.91. The lowest BCUT2D eigenvalue weighted by atomic mass is 10.2. The molecular formula is C16H10BrFN2O. The number of fused-ring (bicyclic) bond motifs is 1. The van der Waals surface area contributed by atoms with Crippen molar-refractivity contribution in [1.82, 2.24) is 4.98 Å². The molecule has 2 aromatic carbocycles. The number of nitrogens with one attached hydrogen (secondary N) is 1. The van der Waals surface area contributed by atoms with Crippen LogP contribution in [0.5, 0.6) is 0 Å². The third-order valence-electron chi connectivity index (χ3n) is 3.01. The number of aromatic nitrogens is 1. The number of anilines is 1. The van der Waals surface area contributed by atoms with Crippen molar-refractivity contribution < 1.29 is 9.18 Å². The third kappa shape index (κ3) is 2.92. The van der Waals surface area contributed by atoms with Gasteiger partial charge in [0.25, 0.3) is 5.91 Å². The Hall–Kier alpha value is -2.27. The van der Waals surface area contributed by atoms with E-state index in [0.29, 0.717) is 10.2 Å². The standard InChI is InChI=1S/C16H10BrFN2O/c17-12-7-6-11(18)9-15(12)20-16(21)14-8-5-10-3-1-2-4-13(10)19-14/h1-9H,(H,20,21). The molecule has 1 heterocycles. The molecule has 3 rings (SSSR count). The molecule has 1 amide bonds. The lowest BCUT2D eigenvalue weighted by Crippen LogP contribution is -2.14. The molecule has 0 fully saturated rings. The SMILES string of the molecule is O=C(Nc1cc(F)ccc1Br)c1ccc2ccccc2n1. The lowest BCUT2D eigenvalue weighted by Gasteiger charge is -2.07. The summed E-state index contributed by atoms with van der Waals surface area (Å²) in [6.07, 6.45) is 0. The number of halogens is 2. The Morgan fingerprint density at radius 2 is 1.90 bits per heavy atom. The van der Waals surface area contributed by atoms with E-state index in [-0.39, 0.29) is 11.6 Å². The Morgan fingerprint density at radius 1 is 1.10 bits per heavy atom. The molecule has 3 nitrogen and oxygen atoms in total. The second kappa shape index (κ2) is 5.61. The summed E-state index contributed by atoms with van der Waals surface area (Å²) < 4.78 is 13.8.